The molecule has 0 saturated heterocycles. The Morgan fingerprint density at radius 3 is 1.63 bits per heavy atom. The Hall–Kier alpha value is 2.11. The molecule has 0 spiro atoms. The minimum absolute atomic E-state index is 0. The van der Waals surface area contributed by atoms with Gasteiger partial charge in [0, 0.05) is 0 Å². The van der Waals surface area contributed by atoms with Gasteiger partial charge in [0.05, 0.1) is 13.9 Å². The summed E-state index contributed by atoms with van der Waals surface area (Å²) in [5, 5.41) is 0. The number of rotatable bonds is 8. The predicted molar refractivity (Wildman–Crippen MR) is 65.2 cm³/mol. The summed E-state index contributed by atoms with van der Waals surface area (Å²) in [6, 6.07) is 0. The molecule has 7 heteroatoms. The summed E-state index contributed by atoms with van der Waals surface area (Å²) in [4.78, 5) is 21.4. The third kappa shape index (κ3) is 18.1. The molecular formula is C12H25Na2O4P. The van der Waals surface area contributed by atoms with Crippen LogP contribution in [0.4, 0.5) is 0 Å². The molecule has 0 aliphatic carbocycles. The molecule has 19 heavy (non-hydrogen) atoms. The van der Waals surface area contributed by atoms with E-state index in [4.69, 9.17) is 0 Å². The van der Waals surface area contributed by atoms with Gasteiger partial charge >= 0.3 is 59.1 Å². The molecule has 0 aliphatic rings. The van der Waals surface area contributed by atoms with E-state index in [-0.39, 0.29) is 59.1 Å². The van der Waals surface area contributed by atoms with Crippen LogP contribution >= 0.6 is 7.82 Å². The fraction of sp³-hybridized carbons (Fsp3) is 1.00. The van der Waals surface area contributed by atoms with Gasteiger partial charge in [0.2, 0.25) is 0 Å². The van der Waals surface area contributed by atoms with E-state index < -0.39 is 13.9 Å². The van der Waals surface area contributed by atoms with E-state index in [0.29, 0.717) is 30.6 Å². The Balaban J connectivity index is -0.00000128. The van der Waals surface area contributed by atoms with Crippen LogP contribution < -0.4 is 68.9 Å². The molecule has 2 atom stereocenters. The maximum atomic E-state index is 10.7. The van der Waals surface area contributed by atoms with Gasteiger partial charge in [0.15, 0.2) is 0 Å². The van der Waals surface area contributed by atoms with Crippen LogP contribution in [0.2, 0.25) is 0 Å². The molecule has 4 nitrogen and oxygen atoms in total. The van der Waals surface area contributed by atoms with Crippen molar-refractivity contribution in [3.05, 3.63) is 0 Å². The Morgan fingerprint density at radius 1 is 0.895 bits per heavy atom. The fourth-order valence-corrected chi connectivity index (χ4v) is 2.78. The van der Waals surface area contributed by atoms with Crippen LogP contribution in [-0.2, 0) is 9.09 Å². The van der Waals surface area contributed by atoms with Crippen molar-refractivity contribution in [1.82, 2.24) is 0 Å². The SMILES string of the molecule is CC(C)CC(C)CC(CC(C)C)OP(=O)([O-])[O-].[Na+].[Na+]. The van der Waals surface area contributed by atoms with Gasteiger partial charge in [-0.25, -0.2) is 0 Å². The molecule has 0 heterocycles. The van der Waals surface area contributed by atoms with Crippen LogP contribution in [0.25, 0.3) is 0 Å². The molecule has 104 valence electrons. The van der Waals surface area contributed by atoms with Gasteiger partial charge in [0.25, 0.3) is 0 Å². The van der Waals surface area contributed by atoms with Crippen LogP contribution in [0.1, 0.15) is 53.9 Å². The normalized spacial score (nSPS) is 14.8. The van der Waals surface area contributed by atoms with Crippen LogP contribution in [-0.4, -0.2) is 6.10 Å². The van der Waals surface area contributed by atoms with Gasteiger partial charge in [-0.3, -0.25) is 0 Å². The maximum absolute atomic E-state index is 10.7. The van der Waals surface area contributed by atoms with Gasteiger partial charge in [-0.15, -0.1) is 0 Å². The van der Waals surface area contributed by atoms with Crippen molar-refractivity contribution in [3.8, 4) is 0 Å². The molecule has 0 N–H and O–H groups in total. The molecule has 0 aliphatic heterocycles. The van der Waals surface area contributed by atoms with Crippen LogP contribution in [0.3, 0.4) is 0 Å². The van der Waals surface area contributed by atoms with E-state index in [0.717, 1.165) is 6.42 Å². The van der Waals surface area contributed by atoms with Gasteiger partial charge < -0.3 is 18.9 Å². The van der Waals surface area contributed by atoms with E-state index in [1.807, 2.05) is 13.8 Å². The summed E-state index contributed by atoms with van der Waals surface area (Å²) >= 11 is 0. The van der Waals surface area contributed by atoms with E-state index in [9.17, 15) is 14.4 Å². The monoisotopic (exact) mass is 310 g/mol. The Kier molecular flexibility index (Phi) is 17.3. The first-order valence-corrected chi connectivity index (χ1v) is 7.76. The standard InChI is InChI=1S/C12H27O4P.2Na/c1-9(2)6-11(5)8-12(7-10(3)4)16-17(13,14)15;;/h9-12H,6-8H2,1-5H3,(H2,13,14,15);;/q;2*+1/p-2. The predicted octanol–water partition coefficient (Wildman–Crippen LogP) is -3.67. The smallest absolute Gasteiger partial charge is 0.790 e. The maximum Gasteiger partial charge on any atom is 1.00 e. The molecule has 0 aromatic rings. The number of hydrogen-bond acceptors (Lipinski definition) is 4. The first kappa shape index (κ1) is 26.0. The zero-order chi connectivity index (χ0) is 13.6. The van der Waals surface area contributed by atoms with Crippen molar-refractivity contribution in [1.29, 1.82) is 0 Å². The minimum Gasteiger partial charge on any atom is -0.790 e. The van der Waals surface area contributed by atoms with Crippen molar-refractivity contribution in [3.63, 3.8) is 0 Å². The van der Waals surface area contributed by atoms with E-state index in [1.165, 1.54) is 0 Å². The third-order valence-corrected chi connectivity index (χ3v) is 3.11. The van der Waals surface area contributed by atoms with Crippen molar-refractivity contribution in [2.45, 2.75) is 60.0 Å². The van der Waals surface area contributed by atoms with Crippen molar-refractivity contribution in [2.75, 3.05) is 0 Å². The molecule has 0 rings (SSSR count). The first-order valence-electron chi connectivity index (χ1n) is 6.30. The van der Waals surface area contributed by atoms with Crippen molar-refractivity contribution in [2.24, 2.45) is 17.8 Å². The number of phosphoric ester groups is 1. The molecule has 0 aromatic heterocycles. The molecule has 0 fully saturated rings. The average molecular weight is 310 g/mol. The fourth-order valence-electron chi connectivity index (χ4n) is 2.24. The quantitative estimate of drug-likeness (QED) is 0.342. The topological polar surface area (TPSA) is 72.4 Å². The second-order valence-electron chi connectivity index (χ2n) is 5.77. The van der Waals surface area contributed by atoms with Crippen LogP contribution in [0, 0.1) is 17.8 Å². The molecule has 0 aromatic carbocycles. The zero-order valence-electron chi connectivity index (χ0n) is 13.5. The molecule has 0 saturated carbocycles. The number of hydrogen-bond donors (Lipinski definition) is 0. The summed E-state index contributed by atoms with van der Waals surface area (Å²) in [6.07, 6.45) is 1.78. The van der Waals surface area contributed by atoms with Crippen LogP contribution in [0.5, 0.6) is 0 Å². The second-order valence-corrected chi connectivity index (χ2v) is 6.88. The Bertz CT molecular complexity index is 256. The van der Waals surface area contributed by atoms with E-state index in [2.05, 4.69) is 25.3 Å². The van der Waals surface area contributed by atoms with E-state index in [1.54, 1.807) is 0 Å². The zero-order valence-corrected chi connectivity index (χ0v) is 18.4. The Morgan fingerprint density at radius 2 is 1.32 bits per heavy atom. The van der Waals surface area contributed by atoms with Crippen molar-refractivity contribution >= 4 is 7.82 Å². The third-order valence-electron chi connectivity index (χ3n) is 2.55. The summed E-state index contributed by atoms with van der Waals surface area (Å²) < 4.78 is 15.3. The average Bonchev–Trinajstić information content (AvgIpc) is 1.95. The minimum atomic E-state index is -4.87. The summed E-state index contributed by atoms with van der Waals surface area (Å²) in [5.74, 6) is 1.25. The van der Waals surface area contributed by atoms with Crippen molar-refractivity contribution < 1.29 is 78.0 Å². The molecule has 0 bridgehead atoms. The van der Waals surface area contributed by atoms with Gasteiger partial charge in [-0.1, -0.05) is 34.6 Å². The molecular weight excluding hydrogens is 285 g/mol. The summed E-state index contributed by atoms with van der Waals surface area (Å²) in [6.45, 7) is 10.3. The molecule has 2 unspecified atom stereocenters. The van der Waals surface area contributed by atoms with Gasteiger partial charge in [-0.05, 0) is 37.0 Å². The number of phosphoric acid groups is 1. The second kappa shape index (κ2) is 12.6. The van der Waals surface area contributed by atoms with Gasteiger partial charge in [0.1, 0.15) is 0 Å². The summed E-state index contributed by atoms with van der Waals surface area (Å²) in [5.41, 5.74) is 0. The first-order chi connectivity index (χ1) is 7.60. The molecule has 0 amide bonds. The van der Waals surface area contributed by atoms with Crippen LogP contribution in [0.15, 0.2) is 0 Å². The Labute approximate surface area is 162 Å². The van der Waals surface area contributed by atoms with E-state index >= 15 is 0 Å². The van der Waals surface area contributed by atoms with Gasteiger partial charge in [-0.2, -0.15) is 0 Å². The largest absolute Gasteiger partial charge is 1.00 e. The summed E-state index contributed by atoms with van der Waals surface area (Å²) in [7, 11) is -4.87. The molecule has 0 radical (unpaired) electrons.